The molecule has 2 aromatic rings. The molecule has 0 radical (unpaired) electrons. The predicted octanol–water partition coefficient (Wildman–Crippen LogP) is 2.43. The number of anilines is 1. The molecule has 0 atom stereocenters. The van der Waals surface area contributed by atoms with Crippen molar-refractivity contribution in [2.45, 2.75) is 0 Å². The first-order valence-corrected chi connectivity index (χ1v) is 4.33. The van der Waals surface area contributed by atoms with Gasteiger partial charge < -0.3 is 16.0 Å². The van der Waals surface area contributed by atoms with E-state index in [4.69, 9.17) is 5.73 Å². The third-order valence-electron chi connectivity index (χ3n) is 1.45. The SMILES string of the molecule is Cl.Cl.NC(=O)Nc1ccccc1.c1c[nH]cn1. The number of rotatable bonds is 1. The van der Waals surface area contributed by atoms with E-state index >= 15 is 0 Å². The molecule has 1 aromatic carbocycles. The molecule has 7 heteroatoms. The topological polar surface area (TPSA) is 83.8 Å². The van der Waals surface area contributed by atoms with Crippen LogP contribution >= 0.6 is 24.8 Å². The molecule has 0 aliphatic carbocycles. The lowest BCUT2D eigenvalue weighted by atomic mass is 10.3. The Labute approximate surface area is 112 Å². The summed E-state index contributed by atoms with van der Waals surface area (Å²) in [5, 5.41) is 2.44. The average Bonchev–Trinajstić information content (AvgIpc) is 2.76. The first kappa shape index (κ1) is 17.7. The standard InChI is InChI=1S/C7H8N2O.C3H4N2.2ClH/c8-7(10)9-6-4-2-1-3-5-6;1-2-5-3-4-1;;/h1-5H,(H3,8,9,10);1-3H,(H,4,5);2*1H. The molecule has 2 amide bonds. The van der Waals surface area contributed by atoms with E-state index in [0.717, 1.165) is 5.69 Å². The maximum atomic E-state index is 10.3. The van der Waals surface area contributed by atoms with Crippen molar-refractivity contribution in [3.63, 3.8) is 0 Å². The molecule has 94 valence electrons. The molecule has 5 nitrogen and oxygen atoms in total. The average molecular weight is 277 g/mol. The lowest BCUT2D eigenvalue weighted by Gasteiger charge is -1.97. The van der Waals surface area contributed by atoms with Crippen LogP contribution in [0, 0.1) is 0 Å². The lowest BCUT2D eigenvalue weighted by Crippen LogP contribution is -2.18. The maximum absolute atomic E-state index is 10.3. The van der Waals surface area contributed by atoms with Gasteiger partial charge in [0, 0.05) is 18.1 Å². The zero-order chi connectivity index (χ0) is 10.9. The molecule has 0 saturated carbocycles. The van der Waals surface area contributed by atoms with Crippen molar-refractivity contribution in [3.8, 4) is 0 Å². The van der Waals surface area contributed by atoms with Gasteiger partial charge in [0.1, 0.15) is 0 Å². The molecule has 0 aliphatic heterocycles. The number of carbonyl (C=O) groups is 1. The number of benzene rings is 1. The monoisotopic (exact) mass is 276 g/mol. The van der Waals surface area contributed by atoms with Crippen molar-refractivity contribution in [1.82, 2.24) is 9.97 Å². The van der Waals surface area contributed by atoms with E-state index < -0.39 is 6.03 Å². The molecular formula is C10H14Cl2N4O. The fraction of sp³-hybridized carbons (Fsp3) is 0. The van der Waals surface area contributed by atoms with Gasteiger partial charge in [-0.15, -0.1) is 24.8 Å². The van der Waals surface area contributed by atoms with Crippen LogP contribution in [-0.2, 0) is 0 Å². The van der Waals surface area contributed by atoms with Crippen LogP contribution in [0.5, 0.6) is 0 Å². The van der Waals surface area contributed by atoms with E-state index in [-0.39, 0.29) is 24.8 Å². The van der Waals surface area contributed by atoms with Gasteiger partial charge in [-0.3, -0.25) is 0 Å². The van der Waals surface area contributed by atoms with Gasteiger partial charge in [0.25, 0.3) is 0 Å². The van der Waals surface area contributed by atoms with E-state index in [1.54, 1.807) is 30.9 Å². The smallest absolute Gasteiger partial charge is 0.316 e. The number of hydrogen-bond donors (Lipinski definition) is 3. The number of hydrogen-bond acceptors (Lipinski definition) is 2. The number of nitrogens with two attached hydrogens (primary N) is 1. The molecule has 0 bridgehead atoms. The zero-order valence-corrected chi connectivity index (χ0v) is 10.5. The van der Waals surface area contributed by atoms with E-state index in [9.17, 15) is 4.79 Å². The molecule has 0 aliphatic rings. The Hall–Kier alpha value is -1.72. The highest BCUT2D eigenvalue weighted by atomic mass is 35.5. The number of imidazole rings is 1. The van der Waals surface area contributed by atoms with Gasteiger partial charge in [0.2, 0.25) is 0 Å². The summed E-state index contributed by atoms with van der Waals surface area (Å²) < 4.78 is 0. The third-order valence-corrected chi connectivity index (χ3v) is 1.45. The van der Waals surface area contributed by atoms with Crippen LogP contribution < -0.4 is 11.1 Å². The van der Waals surface area contributed by atoms with Crippen molar-refractivity contribution in [2.75, 3.05) is 5.32 Å². The molecule has 1 heterocycles. The molecule has 0 spiro atoms. The minimum absolute atomic E-state index is 0. The van der Waals surface area contributed by atoms with Gasteiger partial charge in [-0.05, 0) is 12.1 Å². The number of aromatic nitrogens is 2. The summed E-state index contributed by atoms with van der Waals surface area (Å²) in [5.74, 6) is 0. The summed E-state index contributed by atoms with van der Waals surface area (Å²) in [6.45, 7) is 0. The van der Waals surface area contributed by atoms with Gasteiger partial charge in [0.15, 0.2) is 0 Å². The highest BCUT2D eigenvalue weighted by Gasteiger charge is 1.90. The Morgan fingerprint density at radius 3 is 2.24 bits per heavy atom. The summed E-state index contributed by atoms with van der Waals surface area (Å²) in [7, 11) is 0. The molecular weight excluding hydrogens is 263 g/mol. The van der Waals surface area contributed by atoms with Gasteiger partial charge in [-0.2, -0.15) is 0 Å². The van der Waals surface area contributed by atoms with Gasteiger partial charge in [-0.25, -0.2) is 9.78 Å². The second-order valence-corrected chi connectivity index (χ2v) is 2.62. The highest BCUT2D eigenvalue weighted by Crippen LogP contribution is 2.03. The number of amides is 2. The first-order chi connectivity index (χ1) is 7.29. The summed E-state index contributed by atoms with van der Waals surface area (Å²) in [5.41, 5.74) is 5.59. The number of H-pyrrole nitrogens is 1. The Kier molecular flexibility index (Phi) is 11.2. The first-order valence-electron chi connectivity index (χ1n) is 4.33. The highest BCUT2D eigenvalue weighted by molar-refractivity contribution is 5.87. The molecule has 2 rings (SSSR count). The fourth-order valence-electron chi connectivity index (χ4n) is 0.879. The Bertz CT molecular complexity index is 363. The second kappa shape index (κ2) is 10.8. The number of carbonyl (C=O) groups excluding carboxylic acids is 1. The van der Waals surface area contributed by atoms with Gasteiger partial charge in [-0.1, -0.05) is 18.2 Å². The number of nitrogens with one attached hydrogen (secondary N) is 2. The van der Waals surface area contributed by atoms with Crippen LogP contribution in [0.25, 0.3) is 0 Å². The maximum Gasteiger partial charge on any atom is 0.316 e. The van der Waals surface area contributed by atoms with Crippen LogP contribution in [0.4, 0.5) is 10.5 Å². The number of halogens is 2. The van der Waals surface area contributed by atoms with Crippen LogP contribution in [0.3, 0.4) is 0 Å². The number of nitrogens with zero attached hydrogens (tertiary/aromatic N) is 1. The van der Waals surface area contributed by atoms with Crippen molar-refractivity contribution >= 4 is 36.5 Å². The van der Waals surface area contributed by atoms with E-state index in [0.29, 0.717) is 0 Å². The van der Waals surface area contributed by atoms with E-state index in [1.807, 2.05) is 18.2 Å². The molecule has 0 unspecified atom stereocenters. The molecule has 4 N–H and O–H groups in total. The normalized spacial score (nSPS) is 7.53. The molecule has 0 fully saturated rings. The largest absolute Gasteiger partial charge is 0.351 e. The number of para-hydroxylation sites is 1. The third kappa shape index (κ3) is 9.22. The Balaban J connectivity index is 0. The predicted molar refractivity (Wildman–Crippen MR) is 72.7 cm³/mol. The van der Waals surface area contributed by atoms with Crippen LogP contribution in [0.2, 0.25) is 0 Å². The fourth-order valence-corrected chi connectivity index (χ4v) is 0.879. The van der Waals surface area contributed by atoms with Crippen LogP contribution in [-0.4, -0.2) is 16.0 Å². The quantitative estimate of drug-likeness (QED) is 0.748. The zero-order valence-electron chi connectivity index (χ0n) is 8.87. The van der Waals surface area contributed by atoms with Crippen molar-refractivity contribution < 1.29 is 4.79 Å². The van der Waals surface area contributed by atoms with Crippen LogP contribution in [0.1, 0.15) is 0 Å². The van der Waals surface area contributed by atoms with Crippen molar-refractivity contribution in [2.24, 2.45) is 5.73 Å². The second-order valence-electron chi connectivity index (χ2n) is 2.62. The van der Waals surface area contributed by atoms with Crippen LogP contribution in [0.15, 0.2) is 49.1 Å². The lowest BCUT2D eigenvalue weighted by molar-refractivity contribution is 0.259. The summed E-state index contributed by atoms with van der Waals surface area (Å²) >= 11 is 0. The number of aromatic amines is 1. The molecule has 1 aromatic heterocycles. The molecule has 0 saturated heterocycles. The van der Waals surface area contributed by atoms with Crippen molar-refractivity contribution in [1.29, 1.82) is 0 Å². The Morgan fingerprint density at radius 1 is 1.24 bits per heavy atom. The van der Waals surface area contributed by atoms with E-state index in [2.05, 4.69) is 15.3 Å². The van der Waals surface area contributed by atoms with Gasteiger partial charge >= 0.3 is 6.03 Å². The Morgan fingerprint density at radius 2 is 1.88 bits per heavy atom. The minimum Gasteiger partial charge on any atom is -0.351 e. The van der Waals surface area contributed by atoms with Gasteiger partial charge in [0.05, 0.1) is 6.33 Å². The summed E-state index contributed by atoms with van der Waals surface area (Å²) in [6.07, 6.45) is 5.08. The summed E-state index contributed by atoms with van der Waals surface area (Å²) in [6, 6.07) is 8.52. The summed E-state index contributed by atoms with van der Waals surface area (Å²) in [4.78, 5) is 16.7. The van der Waals surface area contributed by atoms with E-state index in [1.165, 1.54) is 0 Å². The number of primary amides is 1. The minimum atomic E-state index is -0.536. The number of urea groups is 1. The van der Waals surface area contributed by atoms with Crippen molar-refractivity contribution in [3.05, 3.63) is 49.1 Å². The molecule has 17 heavy (non-hydrogen) atoms.